The molecule has 2 heterocycles. The molecule has 0 aliphatic rings. The molecule has 0 saturated heterocycles. The Kier molecular flexibility index (Phi) is 4.27. The Hall–Kier alpha value is -3.15. The Morgan fingerprint density at radius 3 is 2.84 bits per heavy atom. The number of rotatable bonds is 5. The number of nitrogens with zero attached hydrogens (tertiary/aromatic N) is 3. The predicted octanol–water partition coefficient (Wildman–Crippen LogP) is 4.14. The highest BCUT2D eigenvalue weighted by atomic mass is 32.1. The molecule has 3 rings (SSSR count). The Morgan fingerprint density at radius 1 is 1.36 bits per heavy atom. The van der Waals surface area contributed by atoms with E-state index in [9.17, 15) is 23.3 Å². The number of aromatic nitrogens is 1. The van der Waals surface area contributed by atoms with Crippen molar-refractivity contribution in [2.24, 2.45) is 5.10 Å². The van der Waals surface area contributed by atoms with Crippen molar-refractivity contribution < 1.29 is 27.2 Å². The van der Waals surface area contributed by atoms with Gasteiger partial charge in [-0.2, -0.15) is 5.10 Å². The van der Waals surface area contributed by atoms with Crippen LogP contribution in [-0.4, -0.2) is 22.5 Å². The predicted molar refractivity (Wildman–Crippen MR) is 82.9 cm³/mol. The van der Waals surface area contributed by atoms with Crippen molar-refractivity contribution in [2.75, 3.05) is 5.43 Å². The van der Waals surface area contributed by atoms with E-state index in [0.717, 1.165) is 17.4 Å². The average Bonchev–Trinajstić information content (AvgIpc) is 3.11. The van der Waals surface area contributed by atoms with Gasteiger partial charge < -0.3 is 9.15 Å². The second-order valence-electron chi connectivity index (χ2n) is 4.50. The number of fused-ring (bicyclic) bond motifs is 1. The lowest BCUT2D eigenvalue weighted by Crippen LogP contribution is -2.16. The summed E-state index contributed by atoms with van der Waals surface area (Å²) in [6, 6.07) is 6.30. The smallest absolute Gasteiger partial charge is 0.406 e. The third-order valence-corrected chi connectivity index (χ3v) is 3.66. The lowest BCUT2D eigenvalue weighted by atomic mass is 10.3. The van der Waals surface area contributed by atoms with Crippen LogP contribution in [0.4, 0.5) is 24.2 Å². The number of furan rings is 1. The Bertz CT molecular complexity index is 950. The maximum absolute atomic E-state index is 12.2. The zero-order valence-electron chi connectivity index (χ0n) is 12.0. The summed E-state index contributed by atoms with van der Waals surface area (Å²) in [5, 5.41) is 14.6. The first-order valence-corrected chi connectivity index (χ1v) is 7.31. The van der Waals surface area contributed by atoms with Crippen LogP contribution in [0.25, 0.3) is 10.2 Å². The van der Waals surface area contributed by atoms with E-state index in [1.807, 2.05) is 0 Å². The SMILES string of the molecule is O=[N+]([O-])c1ccc(C=NNc2nc3ccc(OC(F)(F)F)cc3s2)o1. The van der Waals surface area contributed by atoms with Gasteiger partial charge in [-0.1, -0.05) is 11.3 Å². The molecule has 0 unspecified atom stereocenters. The molecule has 2 aromatic heterocycles. The van der Waals surface area contributed by atoms with Gasteiger partial charge in [0, 0.05) is 6.07 Å². The molecular weight excluding hydrogens is 365 g/mol. The summed E-state index contributed by atoms with van der Waals surface area (Å²) in [5.74, 6) is -0.610. The molecule has 1 aromatic carbocycles. The van der Waals surface area contributed by atoms with Crippen LogP contribution in [-0.2, 0) is 0 Å². The van der Waals surface area contributed by atoms with Crippen LogP contribution in [0.3, 0.4) is 0 Å². The molecule has 0 amide bonds. The second-order valence-corrected chi connectivity index (χ2v) is 5.53. The van der Waals surface area contributed by atoms with E-state index in [1.165, 1.54) is 30.5 Å². The van der Waals surface area contributed by atoms with Crippen molar-refractivity contribution in [3.63, 3.8) is 0 Å². The van der Waals surface area contributed by atoms with E-state index in [1.54, 1.807) is 0 Å². The van der Waals surface area contributed by atoms with Gasteiger partial charge in [0.15, 0.2) is 5.76 Å². The number of nitro groups is 1. The van der Waals surface area contributed by atoms with E-state index in [0.29, 0.717) is 15.3 Å². The molecule has 130 valence electrons. The first-order chi connectivity index (χ1) is 11.8. The molecule has 0 spiro atoms. The van der Waals surface area contributed by atoms with Gasteiger partial charge in [0.1, 0.15) is 10.7 Å². The number of ether oxygens (including phenoxy) is 1. The minimum atomic E-state index is -4.77. The Balaban J connectivity index is 1.71. The van der Waals surface area contributed by atoms with E-state index >= 15 is 0 Å². The van der Waals surface area contributed by atoms with Crippen molar-refractivity contribution in [2.45, 2.75) is 6.36 Å². The minimum absolute atomic E-state index is 0.154. The summed E-state index contributed by atoms with van der Waals surface area (Å²) in [7, 11) is 0. The maximum Gasteiger partial charge on any atom is 0.573 e. The summed E-state index contributed by atoms with van der Waals surface area (Å²) in [6.45, 7) is 0. The maximum atomic E-state index is 12.2. The largest absolute Gasteiger partial charge is 0.573 e. The summed E-state index contributed by atoms with van der Waals surface area (Å²) >= 11 is 1.06. The molecule has 0 fully saturated rings. The van der Waals surface area contributed by atoms with E-state index in [4.69, 9.17) is 4.42 Å². The van der Waals surface area contributed by atoms with Gasteiger partial charge in [-0.15, -0.1) is 13.2 Å². The molecule has 0 aliphatic carbocycles. The standard InChI is InChI=1S/C13H7F3N4O4S/c14-13(15,16)24-7-1-3-9-10(5-7)25-12(18-9)19-17-6-8-2-4-11(23-8)20(21)22/h1-6H,(H,18,19). The van der Waals surface area contributed by atoms with Gasteiger partial charge >= 0.3 is 12.2 Å². The molecule has 1 N–H and O–H groups in total. The highest BCUT2D eigenvalue weighted by Crippen LogP contribution is 2.31. The third kappa shape index (κ3) is 4.23. The lowest BCUT2D eigenvalue weighted by molar-refractivity contribution is -0.402. The number of hydrazone groups is 1. The molecular formula is C13H7F3N4O4S. The van der Waals surface area contributed by atoms with Crippen LogP contribution in [0.1, 0.15) is 5.76 Å². The highest BCUT2D eigenvalue weighted by molar-refractivity contribution is 7.22. The summed E-state index contributed by atoms with van der Waals surface area (Å²) < 4.78 is 45.8. The quantitative estimate of drug-likeness (QED) is 0.410. The van der Waals surface area contributed by atoms with Crippen molar-refractivity contribution in [1.29, 1.82) is 0 Å². The fourth-order valence-electron chi connectivity index (χ4n) is 1.81. The number of anilines is 1. The van der Waals surface area contributed by atoms with Crippen LogP contribution in [0.15, 0.2) is 39.9 Å². The first-order valence-electron chi connectivity index (χ1n) is 6.50. The molecule has 0 atom stereocenters. The van der Waals surface area contributed by atoms with Gasteiger partial charge in [0.25, 0.3) is 0 Å². The lowest BCUT2D eigenvalue weighted by Gasteiger charge is -2.07. The van der Waals surface area contributed by atoms with Crippen LogP contribution in [0.2, 0.25) is 0 Å². The van der Waals surface area contributed by atoms with Gasteiger partial charge in [0.05, 0.1) is 22.5 Å². The van der Waals surface area contributed by atoms with Gasteiger partial charge in [-0.05, 0) is 18.2 Å². The average molecular weight is 372 g/mol. The number of alkyl halides is 3. The van der Waals surface area contributed by atoms with Crippen molar-refractivity contribution >= 4 is 38.8 Å². The zero-order chi connectivity index (χ0) is 18.0. The number of hydrogen-bond acceptors (Lipinski definition) is 8. The Morgan fingerprint density at radius 2 is 2.16 bits per heavy atom. The van der Waals surface area contributed by atoms with Crippen molar-refractivity contribution in [3.05, 3.63) is 46.2 Å². The van der Waals surface area contributed by atoms with Crippen LogP contribution < -0.4 is 10.2 Å². The van der Waals surface area contributed by atoms with Gasteiger partial charge in [0.2, 0.25) is 5.13 Å². The van der Waals surface area contributed by atoms with Crippen molar-refractivity contribution in [1.82, 2.24) is 4.98 Å². The fraction of sp³-hybridized carbons (Fsp3) is 0.0769. The Labute approximate surface area is 140 Å². The van der Waals surface area contributed by atoms with Crippen LogP contribution in [0, 0.1) is 10.1 Å². The number of halogens is 3. The van der Waals surface area contributed by atoms with Crippen LogP contribution in [0.5, 0.6) is 5.75 Å². The summed E-state index contributed by atoms with van der Waals surface area (Å²) in [4.78, 5) is 13.9. The number of hydrogen-bond donors (Lipinski definition) is 1. The second kappa shape index (κ2) is 6.39. The van der Waals surface area contributed by atoms with E-state index in [2.05, 4.69) is 20.2 Å². The highest BCUT2D eigenvalue weighted by Gasteiger charge is 2.31. The van der Waals surface area contributed by atoms with Crippen molar-refractivity contribution in [3.8, 4) is 5.75 Å². The molecule has 0 aliphatic heterocycles. The molecule has 25 heavy (non-hydrogen) atoms. The zero-order valence-corrected chi connectivity index (χ0v) is 12.8. The molecule has 12 heteroatoms. The third-order valence-electron chi connectivity index (χ3n) is 2.74. The van der Waals surface area contributed by atoms with Gasteiger partial charge in [-0.25, -0.2) is 4.98 Å². The first kappa shape index (κ1) is 16.7. The van der Waals surface area contributed by atoms with E-state index in [-0.39, 0.29) is 11.5 Å². The normalized spacial score (nSPS) is 12.0. The fourth-order valence-corrected chi connectivity index (χ4v) is 2.65. The molecule has 8 nitrogen and oxygen atoms in total. The molecule has 0 radical (unpaired) electrons. The topological polar surface area (TPSA) is 103 Å². The van der Waals surface area contributed by atoms with Crippen LogP contribution >= 0.6 is 11.3 Å². The summed E-state index contributed by atoms with van der Waals surface area (Å²) in [6.07, 6.45) is -3.56. The number of nitrogens with one attached hydrogen (secondary N) is 1. The number of benzene rings is 1. The molecule has 0 saturated carbocycles. The monoisotopic (exact) mass is 372 g/mol. The summed E-state index contributed by atoms with van der Waals surface area (Å²) in [5.41, 5.74) is 3.04. The van der Waals surface area contributed by atoms with E-state index < -0.39 is 17.2 Å². The minimum Gasteiger partial charge on any atom is -0.406 e. The molecule has 3 aromatic rings. The molecule has 0 bridgehead atoms. The van der Waals surface area contributed by atoms with Gasteiger partial charge in [-0.3, -0.25) is 15.5 Å². The number of thiazole rings is 1.